The van der Waals surface area contributed by atoms with Crippen molar-refractivity contribution in [3.05, 3.63) is 12.0 Å². The fourth-order valence-electron chi connectivity index (χ4n) is 0.746. The van der Waals surface area contributed by atoms with Gasteiger partial charge in [0.2, 0.25) is 0 Å². The van der Waals surface area contributed by atoms with E-state index < -0.39 is 0 Å². The van der Waals surface area contributed by atoms with E-state index in [0.717, 1.165) is 25.2 Å². The van der Waals surface area contributed by atoms with E-state index in [4.69, 9.17) is 9.47 Å². The predicted octanol–water partition coefficient (Wildman–Crippen LogP) is 1.28. The van der Waals surface area contributed by atoms with Gasteiger partial charge in [0.05, 0.1) is 13.7 Å². The molecule has 0 atom stereocenters. The Labute approximate surface area is 49.1 Å². The molecule has 0 aromatic carbocycles. The lowest BCUT2D eigenvalue weighted by atomic mass is 10.3. The summed E-state index contributed by atoms with van der Waals surface area (Å²) in [5.41, 5.74) is 0. The topological polar surface area (TPSA) is 18.5 Å². The third kappa shape index (κ3) is 1.15. The molecule has 0 aromatic heterocycles. The van der Waals surface area contributed by atoms with Gasteiger partial charge in [0.25, 0.3) is 0 Å². The third-order valence-corrected chi connectivity index (χ3v) is 1.10. The second-order valence-corrected chi connectivity index (χ2v) is 1.77. The van der Waals surface area contributed by atoms with Crippen LogP contribution in [0.25, 0.3) is 0 Å². The highest BCUT2D eigenvalue weighted by atomic mass is 16.5. The SMILES string of the molecule is CO/C=C1\CCCO1. The van der Waals surface area contributed by atoms with E-state index in [0.29, 0.717) is 0 Å². The fourth-order valence-corrected chi connectivity index (χ4v) is 0.746. The fraction of sp³-hybridized carbons (Fsp3) is 0.667. The Morgan fingerprint density at radius 2 is 2.62 bits per heavy atom. The lowest BCUT2D eigenvalue weighted by Gasteiger charge is -1.94. The van der Waals surface area contributed by atoms with E-state index in [9.17, 15) is 0 Å². The van der Waals surface area contributed by atoms with Gasteiger partial charge in [-0.15, -0.1) is 0 Å². The molecule has 0 bridgehead atoms. The minimum atomic E-state index is 0.856. The van der Waals surface area contributed by atoms with Crippen molar-refractivity contribution in [2.45, 2.75) is 12.8 Å². The van der Waals surface area contributed by atoms with Gasteiger partial charge in [-0.1, -0.05) is 0 Å². The summed E-state index contributed by atoms with van der Waals surface area (Å²) >= 11 is 0. The number of methoxy groups -OCH3 is 1. The molecule has 2 heteroatoms. The van der Waals surface area contributed by atoms with Crippen LogP contribution in [0.5, 0.6) is 0 Å². The quantitative estimate of drug-likeness (QED) is 0.478. The van der Waals surface area contributed by atoms with Crippen molar-refractivity contribution >= 4 is 0 Å². The summed E-state index contributed by atoms with van der Waals surface area (Å²) in [5.74, 6) is 0.979. The molecule has 1 heterocycles. The Morgan fingerprint density at radius 1 is 1.75 bits per heavy atom. The molecule has 8 heavy (non-hydrogen) atoms. The molecule has 1 aliphatic heterocycles. The Bertz CT molecular complexity index is 88.7. The first-order valence-corrected chi connectivity index (χ1v) is 2.78. The van der Waals surface area contributed by atoms with E-state index in [1.165, 1.54) is 0 Å². The van der Waals surface area contributed by atoms with E-state index in [1.807, 2.05) is 0 Å². The first-order chi connectivity index (χ1) is 3.93. The molecular formula is C6H10O2. The maximum absolute atomic E-state index is 5.13. The maximum Gasteiger partial charge on any atom is 0.130 e. The number of hydrogen-bond acceptors (Lipinski definition) is 2. The van der Waals surface area contributed by atoms with Crippen LogP contribution in [-0.2, 0) is 9.47 Å². The third-order valence-electron chi connectivity index (χ3n) is 1.10. The Hall–Kier alpha value is -0.660. The van der Waals surface area contributed by atoms with Crippen molar-refractivity contribution in [2.75, 3.05) is 13.7 Å². The number of rotatable bonds is 1. The molecule has 1 aliphatic rings. The van der Waals surface area contributed by atoms with E-state index in [1.54, 1.807) is 13.4 Å². The van der Waals surface area contributed by atoms with Crippen LogP contribution in [0.4, 0.5) is 0 Å². The molecule has 0 unspecified atom stereocenters. The zero-order valence-electron chi connectivity index (χ0n) is 5.02. The van der Waals surface area contributed by atoms with Crippen molar-refractivity contribution in [1.82, 2.24) is 0 Å². The average molecular weight is 114 g/mol. The molecule has 0 amide bonds. The van der Waals surface area contributed by atoms with Gasteiger partial charge in [-0.25, -0.2) is 0 Å². The lowest BCUT2D eigenvalue weighted by Crippen LogP contribution is -1.78. The van der Waals surface area contributed by atoms with Gasteiger partial charge >= 0.3 is 0 Å². The minimum absolute atomic E-state index is 0.856. The van der Waals surface area contributed by atoms with Crippen molar-refractivity contribution in [3.8, 4) is 0 Å². The van der Waals surface area contributed by atoms with Crippen LogP contribution in [0, 0.1) is 0 Å². The van der Waals surface area contributed by atoms with Gasteiger partial charge < -0.3 is 9.47 Å². The highest BCUT2D eigenvalue weighted by Crippen LogP contribution is 2.14. The van der Waals surface area contributed by atoms with Crippen LogP contribution in [0.1, 0.15) is 12.8 Å². The van der Waals surface area contributed by atoms with E-state index in [2.05, 4.69) is 0 Å². The summed E-state index contributed by atoms with van der Waals surface area (Å²) in [7, 11) is 1.63. The molecule has 0 N–H and O–H groups in total. The molecule has 1 saturated heterocycles. The summed E-state index contributed by atoms with van der Waals surface area (Å²) in [6.07, 6.45) is 3.83. The Kier molecular flexibility index (Phi) is 1.78. The van der Waals surface area contributed by atoms with E-state index >= 15 is 0 Å². The Balaban J connectivity index is 2.33. The molecule has 2 nitrogen and oxygen atoms in total. The van der Waals surface area contributed by atoms with Crippen LogP contribution in [-0.4, -0.2) is 13.7 Å². The van der Waals surface area contributed by atoms with Crippen molar-refractivity contribution in [1.29, 1.82) is 0 Å². The summed E-state index contributed by atoms with van der Waals surface area (Å²) in [6, 6.07) is 0. The van der Waals surface area contributed by atoms with Crippen LogP contribution in [0.15, 0.2) is 12.0 Å². The zero-order valence-corrected chi connectivity index (χ0v) is 5.02. The Morgan fingerprint density at radius 3 is 3.12 bits per heavy atom. The largest absolute Gasteiger partial charge is 0.501 e. The van der Waals surface area contributed by atoms with Gasteiger partial charge in [-0.2, -0.15) is 0 Å². The van der Waals surface area contributed by atoms with Gasteiger partial charge in [0.15, 0.2) is 0 Å². The van der Waals surface area contributed by atoms with Gasteiger partial charge in [0, 0.05) is 6.42 Å². The molecule has 0 saturated carbocycles. The molecule has 0 spiro atoms. The first kappa shape index (κ1) is 5.48. The molecular weight excluding hydrogens is 104 g/mol. The molecule has 1 rings (SSSR count). The molecule has 0 radical (unpaired) electrons. The molecule has 46 valence electrons. The second-order valence-electron chi connectivity index (χ2n) is 1.77. The second kappa shape index (κ2) is 2.60. The maximum atomic E-state index is 5.13. The monoisotopic (exact) mass is 114 g/mol. The highest BCUT2D eigenvalue weighted by Gasteiger charge is 2.05. The molecule has 0 aliphatic carbocycles. The standard InChI is InChI=1S/C6H10O2/c1-7-5-6-3-2-4-8-6/h5H,2-4H2,1H3/b6-5+. The first-order valence-electron chi connectivity index (χ1n) is 2.78. The van der Waals surface area contributed by atoms with Gasteiger partial charge in [-0.05, 0) is 6.42 Å². The number of allylic oxidation sites excluding steroid dienone is 1. The lowest BCUT2D eigenvalue weighted by molar-refractivity contribution is 0.234. The van der Waals surface area contributed by atoms with Crippen molar-refractivity contribution in [3.63, 3.8) is 0 Å². The number of hydrogen-bond donors (Lipinski definition) is 0. The minimum Gasteiger partial charge on any atom is -0.501 e. The summed E-state index contributed by atoms with van der Waals surface area (Å²) in [4.78, 5) is 0. The predicted molar refractivity (Wildman–Crippen MR) is 30.3 cm³/mol. The number of ether oxygens (including phenoxy) is 2. The van der Waals surface area contributed by atoms with Crippen LogP contribution < -0.4 is 0 Å². The summed E-state index contributed by atoms with van der Waals surface area (Å²) < 4.78 is 9.87. The van der Waals surface area contributed by atoms with Crippen LogP contribution >= 0.6 is 0 Å². The van der Waals surface area contributed by atoms with Crippen LogP contribution in [0.2, 0.25) is 0 Å². The van der Waals surface area contributed by atoms with Crippen molar-refractivity contribution < 1.29 is 9.47 Å². The normalized spacial score (nSPS) is 23.4. The smallest absolute Gasteiger partial charge is 0.130 e. The van der Waals surface area contributed by atoms with Gasteiger partial charge in [0.1, 0.15) is 12.0 Å². The zero-order chi connectivity index (χ0) is 5.82. The van der Waals surface area contributed by atoms with E-state index in [-0.39, 0.29) is 0 Å². The van der Waals surface area contributed by atoms with Crippen LogP contribution in [0.3, 0.4) is 0 Å². The molecule has 0 aromatic rings. The van der Waals surface area contributed by atoms with Crippen molar-refractivity contribution in [2.24, 2.45) is 0 Å². The average Bonchev–Trinajstić information content (AvgIpc) is 2.19. The van der Waals surface area contributed by atoms with Gasteiger partial charge in [-0.3, -0.25) is 0 Å². The summed E-state index contributed by atoms with van der Waals surface area (Å²) in [5, 5.41) is 0. The summed E-state index contributed by atoms with van der Waals surface area (Å²) in [6.45, 7) is 0.856. The highest BCUT2D eigenvalue weighted by molar-refractivity contribution is 4.90. The molecule has 1 fully saturated rings.